The summed E-state index contributed by atoms with van der Waals surface area (Å²) >= 11 is 0. The van der Waals surface area contributed by atoms with E-state index in [1.807, 2.05) is 24.3 Å². The Morgan fingerprint density at radius 3 is 2.41 bits per heavy atom. The van der Waals surface area contributed by atoms with Crippen LogP contribution in [0.15, 0.2) is 42.5 Å². The maximum atomic E-state index is 13.8. The Bertz CT molecular complexity index is 873. The first-order chi connectivity index (χ1) is 12.7. The van der Waals surface area contributed by atoms with Gasteiger partial charge in [-0.2, -0.15) is 0 Å². The third kappa shape index (κ3) is 3.84. The van der Waals surface area contributed by atoms with Crippen LogP contribution in [0.4, 0.5) is 14.5 Å². The minimum Gasteiger partial charge on any atom is -0.355 e. The van der Waals surface area contributed by atoms with Crippen LogP contribution in [0.2, 0.25) is 0 Å². The molecular weight excluding hydrogens is 350 g/mol. The van der Waals surface area contributed by atoms with E-state index in [0.717, 1.165) is 17.2 Å². The standard InChI is InChI=1S/C21H22F2N2O2/c1-21(2,3)13-9-7-12(8-10-13)14-11-24-19(26)17(14)20(27)25-16-6-4-5-15(22)18(16)23/h4-10,14,17H,11H2,1-3H3,(H,24,26)(H,25,27)/t14-,17-/m1/s1. The zero-order chi connectivity index (χ0) is 19.8. The lowest BCUT2D eigenvalue weighted by Gasteiger charge is -2.21. The number of nitrogens with one attached hydrogen (secondary N) is 2. The molecule has 0 aliphatic carbocycles. The first kappa shape index (κ1) is 19.0. The fraction of sp³-hybridized carbons (Fsp3) is 0.333. The first-order valence-corrected chi connectivity index (χ1v) is 8.81. The highest BCUT2D eigenvalue weighted by atomic mass is 19.2. The summed E-state index contributed by atoms with van der Waals surface area (Å²) in [4.78, 5) is 24.9. The Morgan fingerprint density at radius 2 is 1.78 bits per heavy atom. The average molecular weight is 372 g/mol. The van der Waals surface area contributed by atoms with E-state index < -0.39 is 29.4 Å². The van der Waals surface area contributed by atoms with Crippen molar-refractivity contribution in [3.63, 3.8) is 0 Å². The minimum atomic E-state index is -1.14. The van der Waals surface area contributed by atoms with Gasteiger partial charge in [0.2, 0.25) is 11.8 Å². The van der Waals surface area contributed by atoms with Crippen LogP contribution in [0.5, 0.6) is 0 Å². The van der Waals surface area contributed by atoms with E-state index in [2.05, 4.69) is 31.4 Å². The van der Waals surface area contributed by atoms with Gasteiger partial charge in [0.05, 0.1) is 5.69 Å². The molecule has 3 rings (SSSR count). The highest BCUT2D eigenvalue weighted by molar-refractivity contribution is 6.08. The highest BCUT2D eigenvalue weighted by Gasteiger charge is 2.41. The number of anilines is 1. The molecule has 0 bridgehead atoms. The predicted molar refractivity (Wildman–Crippen MR) is 99.4 cm³/mol. The minimum absolute atomic E-state index is 0.00599. The molecule has 142 valence electrons. The highest BCUT2D eigenvalue weighted by Crippen LogP contribution is 2.32. The van der Waals surface area contributed by atoms with Crippen molar-refractivity contribution in [1.29, 1.82) is 0 Å². The fourth-order valence-electron chi connectivity index (χ4n) is 3.27. The van der Waals surface area contributed by atoms with E-state index in [-0.39, 0.29) is 17.0 Å². The van der Waals surface area contributed by atoms with Gasteiger partial charge >= 0.3 is 0 Å². The summed E-state index contributed by atoms with van der Waals surface area (Å²) in [6, 6.07) is 11.3. The molecule has 1 fully saturated rings. The van der Waals surface area contributed by atoms with E-state index in [0.29, 0.717) is 6.54 Å². The van der Waals surface area contributed by atoms with E-state index in [1.165, 1.54) is 12.1 Å². The molecule has 2 N–H and O–H groups in total. The van der Waals surface area contributed by atoms with Crippen LogP contribution in [0, 0.1) is 17.6 Å². The maximum absolute atomic E-state index is 13.8. The van der Waals surface area contributed by atoms with E-state index in [9.17, 15) is 18.4 Å². The molecule has 2 atom stereocenters. The number of amides is 2. The predicted octanol–water partition coefficient (Wildman–Crippen LogP) is 3.73. The smallest absolute Gasteiger partial charge is 0.237 e. The number of carbonyl (C=O) groups excluding carboxylic acids is 2. The molecule has 1 aliphatic heterocycles. The summed E-state index contributed by atoms with van der Waals surface area (Å²) in [5, 5.41) is 5.03. The number of carbonyl (C=O) groups is 2. The molecule has 0 spiro atoms. The third-order valence-corrected chi connectivity index (χ3v) is 4.88. The molecule has 0 aromatic heterocycles. The molecule has 1 heterocycles. The van der Waals surface area contributed by atoms with Gasteiger partial charge in [-0.1, -0.05) is 51.1 Å². The van der Waals surface area contributed by atoms with Gasteiger partial charge in [0.1, 0.15) is 5.92 Å². The van der Waals surface area contributed by atoms with Crippen LogP contribution in [-0.2, 0) is 15.0 Å². The number of benzene rings is 2. The van der Waals surface area contributed by atoms with Crippen LogP contribution >= 0.6 is 0 Å². The Hall–Kier alpha value is -2.76. The first-order valence-electron chi connectivity index (χ1n) is 8.81. The van der Waals surface area contributed by atoms with Gasteiger partial charge in [0, 0.05) is 12.5 Å². The number of halogens is 2. The summed E-state index contributed by atoms with van der Waals surface area (Å²) in [6.45, 7) is 6.63. The zero-order valence-corrected chi connectivity index (χ0v) is 15.5. The van der Waals surface area contributed by atoms with Gasteiger partial charge in [-0.3, -0.25) is 9.59 Å². The van der Waals surface area contributed by atoms with Crippen LogP contribution in [0.3, 0.4) is 0 Å². The average Bonchev–Trinajstić information content (AvgIpc) is 3.00. The van der Waals surface area contributed by atoms with E-state index >= 15 is 0 Å². The molecule has 2 aromatic carbocycles. The Balaban J connectivity index is 1.84. The molecular formula is C21H22F2N2O2. The van der Waals surface area contributed by atoms with Crippen molar-refractivity contribution in [1.82, 2.24) is 5.32 Å². The molecule has 2 amide bonds. The van der Waals surface area contributed by atoms with Crippen molar-refractivity contribution >= 4 is 17.5 Å². The largest absolute Gasteiger partial charge is 0.355 e. The second-order valence-electron chi connectivity index (χ2n) is 7.79. The normalized spacial score (nSPS) is 19.7. The van der Waals surface area contributed by atoms with Crippen LogP contribution in [-0.4, -0.2) is 18.4 Å². The topological polar surface area (TPSA) is 58.2 Å². The SMILES string of the molecule is CC(C)(C)c1ccc([C@H]2CNC(=O)[C@@H]2C(=O)Nc2cccc(F)c2F)cc1. The molecule has 4 nitrogen and oxygen atoms in total. The van der Waals surface area contributed by atoms with E-state index in [4.69, 9.17) is 0 Å². The Morgan fingerprint density at radius 1 is 1.11 bits per heavy atom. The zero-order valence-electron chi connectivity index (χ0n) is 15.5. The molecule has 1 aliphatic rings. The Kier molecular flexibility index (Phi) is 5.00. The fourth-order valence-corrected chi connectivity index (χ4v) is 3.27. The van der Waals surface area contributed by atoms with Crippen molar-refractivity contribution in [3.05, 3.63) is 65.2 Å². The van der Waals surface area contributed by atoms with Gasteiger partial charge in [-0.05, 0) is 28.7 Å². The van der Waals surface area contributed by atoms with Gasteiger partial charge < -0.3 is 10.6 Å². The van der Waals surface area contributed by atoms with Gasteiger partial charge in [-0.25, -0.2) is 8.78 Å². The van der Waals surface area contributed by atoms with Gasteiger partial charge in [-0.15, -0.1) is 0 Å². The quantitative estimate of drug-likeness (QED) is 0.807. The maximum Gasteiger partial charge on any atom is 0.237 e. The van der Waals surface area contributed by atoms with Gasteiger partial charge in [0.25, 0.3) is 0 Å². The van der Waals surface area contributed by atoms with Crippen molar-refractivity contribution < 1.29 is 18.4 Å². The summed E-state index contributed by atoms with van der Waals surface area (Å²) < 4.78 is 27.2. The summed E-state index contributed by atoms with van der Waals surface area (Å²) in [7, 11) is 0. The second-order valence-corrected chi connectivity index (χ2v) is 7.79. The summed E-state index contributed by atoms with van der Waals surface area (Å²) in [6.07, 6.45) is 0. The van der Waals surface area contributed by atoms with Crippen LogP contribution in [0.25, 0.3) is 0 Å². The lowest BCUT2D eigenvalue weighted by molar-refractivity contribution is -0.130. The number of hydrogen-bond donors (Lipinski definition) is 2. The molecule has 2 aromatic rings. The molecule has 0 saturated carbocycles. The van der Waals surface area contributed by atoms with Crippen LogP contribution in [0.1, 0.15) is 37.8 Å². The Labute approximate surface area is 157 Å². The summed E-state index contributed by atoms with van der Waals surface area (Å²) in [5.41, 5.74) is 1.71. The van der Waals surface area contributed by atoms with E-state index in [1.54, 1.807) is 0 Å². The third-order valence-electron chi connectivity index (χ3n) is 4.88. The lowest BCUT2D eigenvalue weighted by atomic mass is 9.83. The van der Waals surface area contributed by atoms with Crippen molar-refractivity contribution in [2.75, 3.05) is 11.9 Å². The lowest BCUT2D eigenvalue weighted by Crippen LogP contribution is -2.32. The molecule has 0 unspecified atom stereocenters. The monoisotopic (exact) mass is 372 g/mol. The van der Waals surface area contributed by atoms with Crippen LogP contribution < -0.4 is 10.6 Å². The second kappa shape index (κ2) is 7.10. The molecule has 27 heavy (non-hydrogen) atoms. The summed E-state index contributed by atoms with van der Waals surface area (Å²) in [5.74, 6) is -4.65. The van der Waals surface area contributed by atoms with Gasteiger partial charge in [0.15, 0.2) is 11.6 Å². The number of hydrogen-bond acceptors (Lipinski definition) is 2. The number of rotatable bonds is 3. The van der Waals surface area contributed by atoms with Crippen molar-refractivity contribution in [3.8, 4) is 0 Å². The molecule has 6 heteroatoms. The molecule has 1 saturated heterocycles. The van der Waals surface area contributed by atoms with Crippen molar-refractivity contribution in [2.45, 2.75) is 32.1 Å². The molecule has 0 radical (unpaired) electrons. The van der Waals surface area contributed by atoms with Crippen molar-refractivity contribution in [2.24, 2.45) is 5.92 Å².